The van der Waals surface area contributed by atoms with Crippen LogP contribution in [0.15, 0.2) is 18.2 Å². The zero-order valence-corrected chi connectivity index (χ0v) is 11.5. The Morgan fingerprint density at radius 2 is 2.05 bits per heavy atom. The van der Waals surface area contributed by atoms with Crippen LogP contribution in [0.3, 0.4) is 0 Å². The summed E-state index contributed by atoms with van der Waals surface area (Å²) in [5, 5.41) is 9.00. The van der Waals surface area contributed by atoms with Gasteiger partial charge in [-0.3, -0.25) is 4.90 Å². The number of carboxylic acid groups (broad SMARTS) is 1. The van der Waals surface area contributed by atoms with E-state index in [1.807, 2.05) is 0 Å². The smallest absolute Gasteiger partial charge is 0.335 e. The third-order valence-corrected chi connectivity index (χ3v) is 4.72. The van der Waals surface area contributed by atoms with E-state index in [-0.39, 0.29) is 5.56 Å². The van der Waals surface area contributed by atoms with Gasteiger partial charge in [0.1, 0.15) is 5.82 Å². The second-order valence-corrected chi connectivity index (χ2v) is 6.02. The van der Waals surface area contributed by atoms with Crippen molar-refractivity contribution in [2.75, 3.05) is 6.54 Å². The molecule has 1 aliphatic heterocycles. The molecule has 2 unspecified atom stereocenters. The number of benzene rings is 1. The third kappa shape index (κ3) is 2.70. The molecule has 0 bridgehead atoms. The molecule has 3 rings (SSSR count). The maximum Gasteiger partial charge on any atom is 0.335 e. The van der Waals surface area contributed by atoms with Gasteiger partial charge < -0.3 is 5.11 Å². The molecule has 0 amide bonds. The fourth-order valence-corrected chi connectivity index (χ4v) is 3.80. The summed E-state index contributed by atoms with van der Waals surface area (Å²) in [7, 11) is 0. The molecule has 0 spiro atoms. The Kier molecular flexibility index (Phi) is 3.74. The van der Waals surface area contributed by atoms with Gasteiger partial charge in [0.25, 0.3) is 0 Å². The number of hydrogen-bond donors (Lipinski definition) is 1. The number of carbonyl (C=O) groups is 1. The van der Waals surface area contributed by atoms with E-state index in [2.05, 4.69) is 4.90 Å². The van der Waals surface area contributed by atoms with E-state index in [4.69, 9.17) is 5.11 Å². The van der Waals surface area contributed by atoms with Gasteiger partial charge in [-0.1, -0.05) is 12.8 Å². The normalized spacial score (nSPS) is 26.4. The van der Waals surface area contributed by atoms with Gasteiger partial charge in [0, 0.05) is 12.6 Å². The summed E-state index contributed by atoms with van der Waals surface area (Å²) >= 11 is 0. The number of fused-ring (bicyclic) bond motifs is 1. The Morgan fingerprint density at radius 1 is 1.25 bits per heavy atom. The number of hydrogen-bond acceptors (Lipinski definition) is 2. The van der Waals surface area contributed by atoms with Crippen LogP contribution in [-0.4, -0.2) is 28.6 Å². The number of halogens is 1. The molecule has 20 heavy (non-hydrogen) atoms. The summed E-state index contributed by atoms with van der Waals surface area (Å²) < 4.78 is 13.5. The topological polar surface area (TPSA) is 40.5 Å². The van der Waals surface area contributed by atoms with Crippen molar-refractivity contribution in [3.05, 3.63) is 35.1 Å². The van der Waals surface area contributed by atoms with Gasteiger partial charge >= 0.3 is 5.97 Å². The van der Waals surface area contributed by atoms with Crippen molar-refractivity contribution in [3.8, 4) is 0 Å². The first-order valence-electron chi connectivity index (χ1n) is 7.40. The van der Waals surface area contributed by atoms with Gasteiger partial charge in [-0.15, -0.1) is 0 Å². The van der Waals surface area contributed by atoms with Crippen LogP contribution in [0.4, 0.5) is 4.39 Å². The van der Waals surface area contributed by atoms with Crippen molar-refractivity contribution >= 4 is 5.97 Å². The van der Waals surface area contributed by atoms with Crippen LogP contribution in [0, 0.1) is 11.7 Å². The first-order chi connectivity index (χ1) is 9.63. The lowest BCUT2D eigenvalue weighted by molar-refractivity contribution is 0.0696. The molecule has 0 radical (unpaired) electrons. The van der Waals surface area contributed by atoms with E-state index in [0.717, 1.165) is 24.1 Å². The van der Waals surface area contributed by atoms with Crippen molar-refractivity contribution in [2.45, 2.75) is 44.7 Å². The second-order valence-electron chi connectivity index (χ2n) is 6.02. The minimum atomic E-state index is -1.07. The standard InChI is InChI=1S/C16H20FNO2/c17-14-8-11(7-13(9-14)16(19)20)10-18-6-5-12-3-1-2-4-15(12)18/h7-9,12,15H,1-6,10H2,(H,19,20). The predicted molar refractivity (Wildman–Crippen MR) is 74.1 cm³/mol. The summed E-state index contributed by atoms with van der Waals surface area (Å²) in [5.41, 5.74) is 0.813. The van der Waals surface area contributed by atoms with E-state index in [1.165, 1.54) is 38.2 Å². The summed E-state index contributed by atoms with van der Waals surface area (Å²) in [6.07, 6.45) is 6.38. The van der Waals surface area contributed by atoms with E-state index in [9.17, 15) is 9.18 Å². The molecule has 2 atom stereocenters. The van der Waals surface area contributed by atoms with Crippen molar-refractivity contribution in [1.29, 1.82) is 0 Å². The monoisotopic (exact) mass is 277 g/mol. The molecule has 2 fully saturated rings. The Bertz CT molecular complexity index is 517. The Labute approximate surface area is 118 Å². The Balaban J connectivity index is 1.76. The van der Waals surface area contributed by atoms with Crippen LogP contribution in [0.25, 0.3) is 0 Å². The molecule has 1 heterocycles. The predicted octanol–water partition coefficient (Wildman–Crippen LogP) is 3.29. The van der Waals surface area contributed by atoms with Crippen molar-refractivity contribution in [2.24, 2.45) is 5.92 Å². The molecule has 1 saturated carbocycles. The number of likely N-dealkylation sites (tertiary alicyclic amines) is 1. The van der Waals surface area contributed by atoms with Crippen molar-refractivity contribution in [1.82, 2.24) is 4.90 Å². The molecule has 4 heteroatoms. The molecular weight excluding hydrogens is 257 g/mol. The van der Waals surface area contributed by atoms with Crippen LogP contribution < -0.4 is 0 Å². The zero-order valence-electron chi connectivity index (χ0n) is 11.5. The summed E-state index contributed by atoms with van der Waals surface area (Å²) in [5.74, 6) is -0.738. The summed E-state index contributed by atoms with van der Waals surface area (Å²) in [4.78, 5) is 13.4. The van der Waals surface area contributed by atoms with Crippen molar-refractivity contribution < 1.29 is 14.3 Å². The molecule has 108 valence electrons. The van der Waals surface area contributed by atoms with E-state index < -0.39 is 11.8 Å². The van der Waals surface area contributed by atoms with Crippen LogP contribution in [0.1, 0.15) is 48.0 Å². The largest absolute Gasteiger partial charge is 0.478 e. The Morgan fingerprint density at radius 3 is 2.85 bits per heavy atom. The van der Waals surface area contributed by atoms with Crippen LogP contribution >= 0.6 is 0 Å². The first-order valence-corrected chi connectivity index (χ1v) is 7.40. The SMILES string of the molecule is O=C(O)c1cc(F)cc(CN2CCC3CCCCC32)c1. The Hall–Kier alpha value is -1.42. The molecule has 2 aliphatic rings. The summed E-state index contributed by atoms with van der Waals surface area (Å²) in [6.45, 7) is 1.72. The minimum Gasteiger partial charge on any atom is -0.478 e. The lowest BCUT2D eigenvalue weighted by Gasteiger charge is -2.31. The highest BCUT2D eigenvalue weighted by Gasteiger charge is 2.35. The molecule has 1 saturated heterocycles. The van der Waals surface area contributed by atoms with E-state index >= 15 is 0 Å². The zero-order chi connectivity index (χ0) is 14.1. The lowest BCUT2D eigenvalue weighted by atomic mass is 9.85. The molecular formula is C16H20FNO2. The fourth-order valence-electron chi connectivity index (χ4n) is 3.80. The highest BCUT2D eigenvalue weighted by atomic mass is 19.1. The van der Waals surface area contributed by atoms with E-state index in [1.54, 1.807) is 6.07 Å². The number of rotatable bonds is 3. The van der Waals surface area contributed by atoms with Gasteiger partial charge in [-0.25, -0.2) is 9.18 Å². The average molecular weight is 277 g/mol. The maximum absolute atomic E-state index is 13.5. The quantitative estimate of drug-likeness (QED) is 0.921. The first kappa shape index (κ1) is 13.6. The van der Waals surface area contributed by atoms with Crippen LogP contribution in [-0.2, 0) is 6.54 Å². The highest BCUT2D eigenvalue weighted by Crippen LogP contribution is 2.36. The third-order valence-electron chi connectivity index (χ3n) is 4.72. The van der Waals surface area contributed by atoms with Gasteiger partial charge in [-0.2, -0.15) is 0 Å². The minimum absolute atomic E-state index is 0.0411. The molecule has 1 aromatic rings. The lowest BCUT2D eigenvalue weighted by Crippen LogP contribution is -2.34. The molecule has 1 N–H and O–H groups in total. The molecule has 3 nitrogen and oxygen atoms in total. The van der Waals surface area contributed by atoms with Gasteiger partial charge in [0.15, 0.2) is 0 Å². The van der Waals surface area contributed by atoms with Gasteiger partial charge in [0.05, 0.1) is 5.56 Å². The highest BCUT2D eigenvalue weighted by molar-refractivity contribution is 5.87. The van der Waals surface area contributed by atoms with Crippen molar-refractivity contribution in [3.63, 3.8) is 0 Å². The average Bonchev–Trinajstić information content (AvgIpc) is 2.82. The molecule has 1 aliphatic carbocycles. The number of carboxylic acids is 1. The van der Waals surface area contributed by atoms with Gasteiger partial charge in [0.2, 0.25) is 0 Å². The second kappa shape index (κ2) is 5.52. The van der Waals surface area contributed by atoms with E-state index in [0.29, 0.717) is 12.6 Å². The van der Waals surface area contributed by atoms with Crippen LogP contribution in [0.5, 0.6) is 0 Å². The number of aromatic carboxylic acids is 1. The van der Waals surface area contributed by atoms with Crippen LogP contribution in [0.2, 0.25) is 0 Å². The maximum atomic E-state index is 13.5. The van der Waals surface area contributed by atoms with Gasteiger partial charge in [-0.05, 0) is 55.5 Å². The summed E-state index contributed by atoms with van der Waals surface area (Å²) in [6, 6.07) is 4.75. The molecule has 1 aromatic carbocycles. The fraction of sp³-hybridized carbons (Fsp3) is 0.562. The molecule has 0 aromatic heterocycles. The number of nitrogens with zero attached hydrogens (tertiary/aromatic N) is 1.